The molecule has 2 aliphatic heterocycles. The van der Waals surface area contributed by atoms with Gasteiger partial charge in [-0.25, -0.2) is 4.79 Å². The summed E-state index contributed by atoms with van der Waals surface area (Å²) in [5, 5.41) is 6.20. The zero-order valence-corrected chi connectivity index (χ0v) is 29.5. The number of aldehydes is 1. The van der Waals surface area contributed by atoms with Crippen LogP contribution in [0.25, 0.3) is 35.2 Å². The molecule has 8 bridgehead atoms. The molecular weight excluding hydrogens is 621 g/mol. The van der Waals surface area contributed by atoms with Crippen LogP contribution in [-0.4, -0.2) is 66.8 Å². The Hall–Kier alpha value is -4.35. The summed E-state index contributed by atoms with van der Waals surface area (Å²) in [4.78, 5) is 67.0. The first kappa shape index (κ1) is 35.0. The Bertz CT molecular complexity index is 2060. The second-order valence-electron chi connectivity index (χ2n) is 12.1. The van der Waals surface area contributed by atoms with Crippen molar-refractivity contribution in [2.75, 3.05) is 13.7 Å². The smallest absolute Gasteiger partial charge is 0.681 e. The summed E-state index contributed by atoms with van der Waals surface area (Å²) in [7, 11) is 1.24. The minimum absolute atomic E-state index is 0. The average Bonchev–Trinajstić information content (AvgIpc) is 3.80. The van der Waals surface area contributed by atoms with E-state index < -0.39 is 17.8 Å². The van der Waals surface area contributed by atoms with E-state index in [1.807, 2.05) is 26.8 Å². The summed E-state index contributed by atoms with van der Waals surface area (Å²) in [6.07, 6.45) is 9.13. The molecule has 0 N–H and O–H groups in total. The summed E-state index contributed by atoms with van der Waals surface area (Å²) in [6, 6.07) is -0.670. The van der Waals surface area contributed by atoms with E-state index in [0.717, 1.165) is 23.0 Å². The van der Waals surface area contributed by atoms with Crippen molar-refractivity contribution in [3.8, 4) is 0 Å². The van der Waals surface area contributed by atoms with Crippen LogP contribution in [0.4, 0.5) is 0 Å². The summed E-state index contributed by atoms with van der Waals surface area (Å²) in [5.74, 6) is -2.01. The van der Waals surface area contributed by atoms with Crippen LogP contribution in [0.5, 0.6) is 0 Å². The molecule has 3 atom stereocenters. The molecule has 0 aromatic carbocycles. The molecule has 6 rings (SSSR count). The van der Waals surface area contributed by atoms with Crippen LogP contribution in [-0.2, 0) is 25.5 Å². The van der Waals surface area contributed by atoms with Gasteiger partial charge in [-0.3, -0.25) is 14.4 Å². The van der Waals surface area contributed by atoms with Crippen LogP contribution < -0.4 is 25.7 Å². The van der Waals surface area contributed by atoms with Crippen molar-refractivity contribution in [3.05, 3.63) is 90.0 Å². The second-order valence-corrected chi connectivity index (χ2v) is 12.1. The first-order chi connectivity index (χ1) is 22.6. The maximum atomic E-state index is 14.0. The molecule has 0 radical (unpaired) electrons. The number of ketones is 1. The number of nitrogens with zero attached hydrogens (tertiary/aromatic N) is 4. The maximum absolute atomic E-state index is 14.0. The van der Waals surface area contributed by atoms with Gasteiger partial charge in [0.25, 0.3) is 0 Å². The third kappa shape index (κ3) is 5.52. The third-order valence-corrected chi connectivity index (χ3v) is 9.64. The Morgan fingerprint density at radius 2 is 1.69 bits per heavy atom. The van der Waals surface area contributed by atoms with Gasteiger partial charge in [0.1, 0.15) is 11.9 Å². The quantitative estimate of drug-likeness (QED) is 0.154. The van der Waals surface area contributed by atoms with Crippen molar-refractivity contribution in [3.63, 3.8) is 0 Å². The Balaban J connectivity index is 0.00000451. The van der Waals surface area contributed by atoms with Crippen molar-refractivity contribution in [2.45, 2.75) is 59.9 Å². The van der Waals surface area contributed by atoms with Gasteiger partial charge in [0.05, 0.1) is 13.7 Å². The molecular formula is C37H36MgN4O6-2. The van der Waals surface area contributed by atoms with Gasteiger partial charge in [0.2, 0.25) is 0 Å². The molecule has 1 saturated heterocycles. The van der Waals surface area contributed by atoms with E-state index in [-0.39, 0.29) is 59.5 Å². The number of carbonyl (C=O) groups excluding carboxylic acids is 4. The first-order valence-electron chi connectivity index (χ1n) is 15.8. The van der Waals surface area contributed by atoms with Crippen LogP contribution in [0.15, 0.2) is 17.8 Å². The van der Waals surface area contributed by atoms with Crippen molar-refractivity contribution in [1.29, 1.82) is 0 Å². The molecule has 3 aliphatic rings. The molecule has 0 amide bonds. The van der Waals surface area contributed by atoms with Gasteiger partial charge in [-0.2, -0.15) is 5.70 Å². The predicted octanol–water partition coefficient (Wildman–Crippen LogP) is 3.30. The molecule has 48 heavy (non-hydrogen) atoms. The Morgan fingerprint density at radius 3 is 2.33 bits per heavy atom. The standard InChI is InChI=1S/C37H38N4O6.Mg/c1-8-20-17(4)24-13-25-18(5)22(11-12-30(43)47-10-3)34(40-25)32-33(37(45)46-7)36(44)31-19(6)26(41-35(31)32)14-28-21(9-2)23(16-42)29(39-28)15-27(20)38-24;/h8,13-16,18,22,34H,1,9-12H2,2-7H3,(H2-2,38,39,40,41,42,44,45);/q-2;+2/p-2/t18-,22-,34?;/m0./s1. The van der Waals surface area contributed by atoms with E-state index in [2.05, 4.69) is 6.58 Å². The van der Waals surface area contributed by atoms with Crippen molar-refractivity contribution in [1.82, 2.24) is 15.0 Å². The fraction of sp³-hybridized carbons (Fsp3) is 0.351. The van der Waals surface area contributed by atoms with Gasteiger partial charge in [-0.05, 0) is 51.0 Å². The van der Waals surface area contributed by atoms with Crippen molar-refractivity contribution >= 4 is 76.9 Å². The van der Waals surface area contributed by atoms with Gasteiger partial charge in [-0.1, -0.05) is 73.0 Å². The zero-order chi connectivity index (χ0) is 33.7. The number of hydrogen-bond donors (Lipinski definition) is 0. The second kappa shape index (κ2) is 13.6. The van der Waals surface area contributed by atoms with Crippen molar-refractivity contribution < 1.29 is 28.7 Å². The molecule has 1 unspecified atom stereocenters. The predicted molar refractivity (Wildman–Crippen MR) is 183 cm³/mol. The third-order valence-electron chi connectivity index (χ3n) is 9.64. The molecule has 244 valence electrons. The number of Topliss-reactive ketones (excluding diaryl/α,β-unsaturated/α-hetero) is 1. The minimum Gasteiger partial charge on any atom is -0.681 e. The molecule has 1 aliphatic carbocycles. The number of esters is 2. The summed E-state index contributed by atoms with van der Waals surface area (Å²) < 4.78 is 10.4. The Labute approximate surface area is 295 Å². The largest absolute Gasteiger partial charge is 2.00 e. The minimum atomic E-state index is -0.762. The van der Waals surface area contributed by atoms with E-state index in [1.165, 1.54) is 7.11 Å². The Morgan fingerprint density at radius 1 is 0.979 bits per heavy atom. The maximum Gasteiger partial charge on any atom is 2.00 e. The summed E-state index contributed by atoms with van der Waals surface area (Å²) >= 11 is 0. The number of allylic oxidation sites excluding steroid dienone is 1. The van der Waals surface area contributed by atoms with E-state index in [4.69, 9.17) is 29.7 Å². The van der Waals surface area contributed by atoms with Gasteiger partial charge < -0.3 is 29.7 Å². The molecule has 3 aromatic heterocycles. The molecule has 11 heteroatoms. The molecule has 0 saturated carbocycles. The number of rotatable bonds is 8. The zero-order valence-electron chi connectivity index (χ0n) is 28.1. The van der Waals surface area contributed by atoms with E-state index in [1.54, 1.807) is 32.1 Å². The molecule has 3 aromatic rings. The SMILES string of the molecule is C=Cc1c2[n-]c(c1C)/C=C1\[N-]C(C3=C(C(=O)OC)C(=O)c4c3[n-]c(c4C)/C=c3\[n-]/c(c(C=O)c3CC)=C\2)[C@@H](CCC(=O)OCC)[C@@H]1C.[Mg+2]. The molecule has 5 heterocycles. The number of methoxy groups -OCH3 is 1. The van der Waals surface area contributed by atoms with Crippen LogP contribution in [0.1, 0.15) is 99.4 Å². The fourth-order valence-electron chi connectivity index (χ4n) is 7.17. The van der Waals surface area contributed by atoms with Crippen LogP contribution in [0.2, 0.25) is 0 Å². The Kier molecular flexibility index (Phi) is 9.93. The summed E-state index contributed by atoms with van der Waals surface area (Å²) in [5.41, 5.74) is 7.00. The fourth-order valence-corrected chi connectivity index (χ4v) is 7.17. The van der Waals surface area contributed by atoms with Gasteiger partial charge >= 0.3 is 35.0 Å². The number of ether oxygens (including phenoxy) is 2. The van der Waals surface area contributed by atoms with Gasteiger partial charge in [0, 0.05) is 17.5 Å². The number of aromatic nitrogens is 3. The van der Waals surface area contributed by atoms with Crippen LogP contribution >= 0.6 is 0 Å². The van der Waals surface area contributed by atoms with Crippen LogP contribution in [0.3, 0.4) is 0 Å². The first-order valence-corrected chi connectivity index (χ1v) is 15.8. The monoisotopic (exact) mass is 656 g/mol. The molecule has 1 fully saturated rings. The molecule has 10 nitrogen and oxygen atoms in total. The summed E-state index contributed by atoms with van der Waals surface area (Å²) in [6.45, 7) is 13.8. The van der Waals surface area contributed by atoms with E-state index in [9.17, 15) is 19.2 Å². The number of hydrogen-bond acceptors (Lipinski definition) is 6. The normalized spacial score (nSPS) is 21.6. The number of carbonyl (C=O) groups is 4. The number of fused-ring (bicyclic) bond motifs is 8. The van der Waals surface area contributed by atoms with Gasteiger partial charge in [-0.15, -0.1) is 33.5 Å². The van der Waals surface area contributed by atoms with Gasteiger partial charge in [0.15, 0.2) is 5.78 Å². The van der Waals surface area contributed by atoms with Crippen LogP contribution in [0, 0.1) is 25.7 Å². The molecule has 0 spiro atoms. The topological polar surface area (TPSA) is 143 Å². The van der Waals surface area contributed by atoms with E-state index in [0.29, 0.717) is 74.3 Å². The van der Waals surface area contributed by atoms with E-state index >= 15 is 0 Å². The van der Waals surface area contributed by atoms with Crippen molar-refractivity contribution in [2.24, 2.45) is 11.8 Å². The average molecular weight is 657 g/mol.